The molecule has 8 bridgehead atoms. The highest BCUT2D eigenvalue weighted by molar-refractivity contribution is 5.74. The van der Waals surface area contributed by atoms with Crippen LogP contribution < -0.4 is 21.3 Å². The van der Waals surface area contributed by atoms with Crippen molar-refractivity contribution in [1.29, 1.82) is 0 Å². The van der Waals surface area contributed by atoms with Gasteiger partial charge < -0.3 is 21.3 Å². The minimum absolute atomic E-state index is 0.0166. The molecule has 0 aromatic carbocycles. The number of unbranched alkanes of at least 4 members (excludes halogenated alkanes) is 1. The van der Waals surface area contributed by atoms with Crippen molar-refractivity contribution in [2.24, 2.45) is 46.3 Å². The first-order valence-corrected chi connectivity index (χ1v) is 14.5. The van der Waals surface area contributed by atoms with Crippen LogP contribution in [0.25, 0.3) is 0 Å². The Labute approximate surface area is 205 Å². The van der Waals surface area contributed by atoms with E-state index in [4.69, 9.17) is 0 Å². The molecule has 6 nitrogen and oxygen atoms in total. The van der Waals surface area contributed by atoms with E-state index in [-0.39, 0.29) is 12.1 Å². The number of nitrogens with one attached hydrogen (secondary N) is 4. The van der Waals surface area contributed by atoms with Crippen LogP contribution in [-0.2, 0) is 0 Å². The van der Waals surface area contributed by atoms with Gasteiger partial charge in [0.05, 0.1) is 0 Å². The average Bonchev–Trinajstić information content (AvgIpc) is 2.77. The zero-order valence-corrected chi connectivity index (χ0v) is 21.0. The van der Waals surface area contributed by atoms with Gasteiger partial charge in [0.25, 0.3) is 0 Å². The summed E-state index contributed by atoms with van der Waals surface area (Å²) in [5.41, 5.74) is 0.777. The van der Waals surface area contributed by atoms with Crippen LogP contribution in [0.3, 0.4) is 0 Å². The van der Waals surface area contributed by atoms with Crippen molar-refractivity contribution < 1.29 is 9.59 Å². The van der Waals surface area contributed by atoms with Crippen LogP contribution in [0.15, 0.2) is 0 Å². The second-order valence-electron chi connectivity index (χ2n) is 13.8. The maximum absolute atomic E-state index is 12.3. The Bertz CT molecular complexity index is 646. The number of carbonyl (C=O) groups excluding carboxylic acids is 2. The van der Waals surface area contributed by atoms with E-state index in [0.29, 0.717) is 23.9 Å². The molecule has 0 aromatic heterocycles. The number of amides is 4. The van der Waals surface area contributed by atoms with E-state index in [1.807, 2.05) is 0 Å². The molecule has 0 saturated heterocycles. The normalized spacial score (nSPS) is 43.1. The Hall–Kier alpha value is -1.46. The van der Waals surface area contributed by atoms with Crippen LogP contribution in [-0.4, -0.2) is 38.2 Å². The summed E-state index contributed by atoms with van der Waals surface area (Å²) in [4.78, 5) is 24.6. The van der Waals surface area contributed by atoms with Gasteiger partial charge in [-0.3, -0.25) is 0 Å². The van der Waals surface area contributed by atoms with E-state index < -0.39 is 0 Å². The molecule has 0 unspecified atom stereocenters. The van der Waals surface area contributed by atoms with Gasteiger partial charge >= 0.3 is 12.1 Å². The number of urea groups is 2. The lowest BCUT2D eigenvalue weighted by Crippen LogP contribution is -2.52. The summed E-state index contributed by atoms with van der Waals surface area (Å²) >= 11 is 0. The zero-order valence-electron chi connectivity index (χ0n) is 21.0. The minimum Gasteiger partial charge on any atom is -0.338 e. The first-order chi connectivity index (χ1) is 16.5. The van der Waals surface area contributed by atoms with Gasteiger partial charge in [-0.15, -0.1) is 0 Å². The lowest BCUT2D eigenvalue weighted by atomic mass is 9.49. The number of hydrogen-bond acceptors (Lipinski definition) is 2. The molecule has 4 N–H and O–H groups in total. The molecule has 0 spiro atoms. The SMILES string of the molecule is O=C(NCCCCNC(=O)NCC12CC3CC(CC(C3)C1)C2)NCC12CC3CC(CC(C3)C1)C2. The number of rotatable bonds is 9. The summed E-state index contributed by atoms with van der Waals surface area (Å²) in [6.07, 6.45) is 18.4. The average molecular weight is 471 g/mol. The van der Waals surface area contributed by atoms with Crippen molar-refractivity contribution in [2.75, 3.05) is 26.2 Å². The van der Waals surface area contributed by atoms with Gasteiger partial charge in [0.15, 0.2) is 0 Å². The Kier molecular flexibility index (Phi) is 6.22. The van der Waals surface area contributed by atoms with Crippen molar-refractivity contribution >= 4 is 12.1 Å². The summed E-state index contributed by atoms with van der Waals surface area (Å²) in [7, 11) is 0. The molecule has 8 aliphatic carbocycles. The molecule has 0 atom stereocenters. The first kappa shape index (κ1) is 23.0. The third-order valence-electron chi connectivity index (χ3n) is 10.8. The topological polar surface area (TPSA) is 82.3 Å². The third-order valence-corrected chi connectivity index (χ3v) is 10.8. The van der Waals surface area contributed by atoms with Crippen LogP contribution in [0.2, 0.25) is 0 Å². The Morgan fingerprint density at radius 2 is 0.794 bits per heavy atom. The second kappa shape index (κ2) is 9.20. The van der Waals surface area contributed by atoms with Gasteiger partial charge in [0.1, 0.15) is 0 Å². The van der Waals surface area contributed by atoms with Gasteiger partial charge in [-0.2, -0.15) is 0 Å². The largest absolute Gasteiger partial charge is 0.338 e. The third kappa shape index (κ3) is 4.93. The van der Waals surface area contributed by atoms with Gasteiger partial charge in [-0.05, 0) is 136 Å². The molecule has 8 fully saturated rings. The Morgan fingerprint density at radius 3 is 1.09 bits per heavy atom. The second-order valence-corrected chi connectivity index (χ2v) is 13.8. The van der Waals surface area contributed by atoms with Crippen LogP contribution >= 0.6 is 0 Å². The maximum Gasteiger partial charge on any atom is 0.314 e. The molecular formula is C28H46N4O2. The molecule has 8 aliphatic rings. The predicted molar refractivity (Wildman–Crippen MR) is 133 cm³/mol. The molecule has 4 amide bonds. The van der Waals surface area contributed by atoms with Gasteiger partial charge in [-0.1, -0.05) is 0 Å². The number of hydrogen-bond donors (Lipinski definition) is 4. The van der Waals surface area contributed by atoms with E-state index in [1.54, 1.807) is 0 Å². The highest BCUT2D eigenvalue weighted by Gasteiger charge is 2.51. The van der Waals surface area contributed by atoms with Gasteiger partial charge in [-0.25, -0.2) is 9.59 Å². The molecule has 0 heterocycles. The van der Waals surface area contributed by atoms with Crippen molar-refractivity contribution in [1.82, 2.24) is 21.3 Å². The minimum atomic E-state index is -0.0166. The molecule has 8 rings (SSSR count). The maximum atomic E-state index is 12.3. The fraction of sp³-hybridized carbons (Fsp3) is 0.929. The lowest BCUT2D eigenvalue weighted by Gasteiger charge is -2.56. The highest BCUT2D eigenvalue weighted by Crippen LogP contribution is 2.60. The summed E-state index contributed by atoms with van der Waals surface area (Å²) in [6, 6.07) is -0.0333. The van der Waals surface area contributed by atoms with Gasteiger partial charge in [0.2, 0.25) is 0 Å². The monoisotopic (exact) mass is 470 g/mol. The van der Waals surface area contributed by atoms with E-state index >= 15 is 0 Å². The van der Waals surface area contributed by atoms with E-state index in [0.717, 1.165) is 61.4 Å². The molecule has 8 saturated carbocycles. The molecule has 0 aliphatic heterocycles. The highest BCUT2D eigenvalue weighted by atomic mass is 16.2. The Balaban J connectivity index is 0.818. The van der Waals surface area contributed by atoms with Crippen LogP contribution in [0.1, 0.15) is 89.9 Å². The van der Waals surface area contributed by atoms with E-state index in [1.165, 1.54) is 77.0 Å². The summed E-state index contributed by atoms with van der Waals surface area (Å²) in [6.45, 7) is 3.05. The molecule has 190 valence electrons. The summed E-state index contributed by atoms with van der Waals surface area (Å²) in [5, 5.41) is 12.4. The molecule has 0 aromatic rings. The summed E-state index contributed by atoms with van der Waals surface area (Å²) < 4.78 is 0. The van der Waals surface area contributed by atoms with Crippen LogP contribution in [0.5, 0.6) is 0 Å². The molecule has 6 heteroatoms. The fourth-order valence-corrected chi connectivity index (χ4v) is 10.3. The molecule has 0 radical (unpaired) electrons. The van der Waals surface area contributed by atoms with Crippen molar-refractivity contribution in [3.8, 4) is 0 Å². The van der Waals surface area contributed by atoms with Crippen molar-refractivity contribution in [2.45, 2.75) is 89.9 Å². The Morgan fingerprint density at radius 1 is 0.500 bits per heavy atom. The van der Waals surface area contributed by atoms with Gasteiger partial charge in [0, 0.05) is 26.2 Å². The van der Waals surface area contributed by atoms with Crippen molar-refractivity contribution in [3.63, 3.8) is 0 Å². The predicted octanol–water partition coefficient (Wildman–Crippen LogP) is 4.80. The molecule has 34 heavy (non-hydrogen) atoms. The van der Waals surface area contributed by atoms with Crippen LogP contribution in [0.4, 0.5) is 9.59 Å². The number of carbonyl (C=O) groups is 2. The standard InChI is InChI=1S/C28H46N4O2/c33-25(31-17-27-11-19-5-20(12-27)7-21(6-19)13-27)29-3-1-2-4-30-26(34)32-18-28-14-22-8-23(15-28)10-24(9-22)16-28/h19-24H,1-18H2,(H2,29,31,33)(H2,30,32,34). The quantitative estimate of drug-likeness (QED) is 0.365. The van der Waals surface area contributed by atoms with Crippen molar-refractivity contribution in [3.05, 3.63) is 0 Å². The van der Waals surface area contributed by atoms with Crippen LogP contribution in [0, 0.1) is 46.3 Å². The smallest absolute Gasteiger partial charge is 0.314 e. The summed E-state index contributed by atoms with van der Waals surface area (Å²) in [5.74, 6) is 5.55. The lowest BCUT2D eigenvalue weighted by molar-refractivity contribution is -0.0499. The zero-order chi connectivity index (χ0) is 23.2. The fourth-order valence-electron chi connectivity index (χ4n) is 10.3. The van der Waals surface area contributed by atoms with E-state index in [2.05, 4.69) is 21.3 Å². The van der Waals surface area contributed by atoms with E-state index in [9.17, 15) is 9.59 Å². The molecular weight excluding hydrogens is 424 g/mol. The first-order valence-electron chi connectivity index (χ1n) is 14.5.